The number of hydrogen-bond donors (Lipinski definition) is 3. The quantitative estimate of drug-likeness (QED) is 0.224. The summed E-state index contributed by atoms with van der Waals surface area (Å²) < 4.78 is 0. The summed E-state index contributed by atoms with van der Waals surface area (Å²) in [7, 11) is 0. The SMILES string of the molecule is O=[N+]([O-])[O-].O=[N+]([O-])[O-].O=[N+]([O-])[O-].O=[N+]([O-])[O-].O=[N+]([O-])[O-].O=[N+]([O-])[O-].O=[N+]([O-])[O-].[Ce+4].[NH4+].[NH4+].[NH4+]. The number of hydrogen-bond acceptors (Lipinski definition) is 21. The third-order valence-electron chi connectivity index (χ3n) is 0. The van der Waals surface area contributed by atoms with Crippen molar-refractivity contribution in [2.75, 3.05) is 0 Å². The van der Waals surface area contributed by atoms with Crippen molar-refractivity contribution in [3.8, 4) is 0 Å². The van der Waals surface area contributed by atoms with E-state index in [-0.39, 0.29) is 60.2 Å². The molecule has 0 aromatic rings. The summed E-state index contributed by atoms with van der Waals surface area (Å²) in [6.07, 6.45) is 0. The molecule has 0 fully saturated rings. The summed E-state index contributed by atoms with van der Waals surface area (Å²) in [6.45, 7) is 0. The minimum atomic E-state index is -1.75. The molecule has 0 amide bonds. The van der Waals surface area contributed by atoms with Crippen molar-refractivity contribution >= 4 is 0 Å². The van der Waals surface area contributed by atoms with Crippen LogP contribution in [0.3, 0.4) is 0 Å². The van der Waals surface area contributed by atoms with E-state index in [1.807, 2.05) is 0 Å². The fourth-order valence-corrected chi connectivity index (χ4v) is 0. The maximum absolute atomic E-state index is 8.25. The predicted molar refractivity (Wildman–Crippen MR) is 90.5 cm³/mol. The first-order valence-corrected chi connectivity index (χ1v) is 3.83. The van der Waals surface area contributed by atoms with Gasteiger partial charge >= 0.3 is 41.7 Å². The summed E-state index contributed by atoms with van der Waals surface area (Å²) >= 11 is 0. The molecule has 0 heterocycles. The molecule has 0 saturated carbocycles. The van der Waals surface area contributed by atoms with E-state index in [1.165, 1.54) is 0 Å². The van der Waals surface area contributed by atoms with Crippen LogP contribution in [0.25, 0.3) is 0 Å². The van der Waals surface area contributed by atoms with Crippen molar-refractivity contribution in [3.63, 3.8) is 0 Å². The van der Waals surface area contributed by atoms with Gasteiger partial charge in [-0.05, 0) is 0 Å². The number of nitrogens with zero attached hydrogens (tertiary/aromatic N) is 7. The van der Waals surface area contributed by atoms with Crippen molar-refractivity contribution in [1.82, 2.24) is 18.5 Å². The molecular formula is H12CeN10O21. The van der Waals surface area contributed by atoms with Crippen molar-refractivity contribution < 1.29 is 77.4 Å². The predicted octanol–water partition coefficient (Wildman–Crippen LogP) is -0.545. The standard InChI is InChI=1S/Ce.7NO3.3H3N/c;7*2-1(3)4;;;/h;;;;;;;;3*1H3/q+4;7*-1;;;/p+3. The van der Waals surface area contributed by atoms with E-state index in [1.54, 1.807) is 0 Å². The molecule has 0 aliphatic heterocycles. The van der Waals surface area contributed by atoms with Crippen molar-refractivity contribution in [2.45, 2.75) is 0 Å². The van der Waals surface area contributed by atoms with Crippen LogP contribution in [0.2, 0.25) is 0 Å². The van der Waals surface area contributed by atoms with Crippen LogP contribution in [0, 0.1) is 149 Å². The molecule has 0 aromatic carbocycles. The van der Waals surface area contributed by atoms with Crippen molar-refractivity contribution in [2.24, 2.45) is 0 Å². The largest absolute Gasteiger partial charge is 4.00 e. The van der Waals surface area contributed by atoms with Gasteiger partial charge in [0.05, 0.1) is 35.6 Å². The van der Waals surface area contributed by atoms with E-state index in [0.717, 1.165) is 0 Å². The summed E-state index contributed by atoms with van der Waals surface area (Å²) in [6, 6.07) is 0. The van der Waals surface area contributed by atoms with Gasteiger partial charge < -0.3 is 126 Å². The van der Waals surface area contributed by atoms with Crippen LogP contribution in [-0.4, -0.2) is 35.6 Å². The van der Waals surface area contributed by atoms with Crippen LogP contribution in [0.15, 0.2) is 0 Å². The molecule has 32 heavy (non-hydrogen) atoms. The van der Waals surface area contributed by atoms with Crippen LogP contribution < -0.4 is 18.5 Å². The number of rotatable bonds is 0. The van der Waals surface area contributed by atoms with Crippen LogP contribution in [0.5, 0.6) is 0 Å². The second-order valence-electron chi connectivity index (χ2n) is 1.57. The summed E-state index contributed by atoms with van der Waals surface area (Å²) in [5, 5.41) is 103. The zero-order valence-corrected chi connectivity index (χ0v) is 18.3. The summed E-state index contributed by atoms with van der Waals surface area (Å²) in [4.78, 5) is 57.8. The first-order valence-electron chi connectivity index (χ1n) is 3.83. The fourth-order valence-electron chi connectivity index (χ4n) is 0. The Labute approximate surface area is 203 Å². The number of quaternary nitrogens is 3. The van der Waals surface area contributed by atoms with Gasteiger partial charge in [-0.25, -0.2) is 0 Å². The Morgan fingerprint density at radius 3 is 0.250 bits per heavy atom. The first-order chi connectivity index (χ1) is 12.1. The van der Waals surface area contributed by atoms with E-state index in [9.17, 15) is 0 Å². The van der Waals surface area contributed by atoms with E-state index in [0.29, 0.717) is 0 Å². The Morgan fingerprint density at radius 2 is 0.250 bits per heavy atom. The molecule has 0 bridgehead atoms. The molecule has 192 valence electrons. The van der Waals surface area contributed by atoms with E-state index in [4.69, 9.17) is 107 Å². The van der Waals surface area contributed by atoms with Gasteiger partial charge in [-0.1, -0.05) is 0 Å². The minimum absolute atomic E-state index is 0. The molecule has 0 atom stereocenters. The van der Waals surface area contributed by atoms with Gasteiger partial charge in [0.15, 0.2) is 0 Å². The zero-order chi connectivity index (χ0) is 25.0. The Morgan fingerprint density at radius 1 is 0.250 bits per heavy atom. The third kappa shape index (κ3) is 827. The topological polar surface area (TPSA) is 573 Å². The Balaban J connectivity index is -0.0000000175. The first kappa shape index (κ1) is 70.8. The van der Waals surface area contributed by atoms with Crippen LogP contribution in [0.1, 0.15) is 0 Å². The average Bonchev–Trinajstić information content (AvgIpc) is 2.20. The second-order valence-corrected chi connectivity index (χ2v) is 1.57. The molecule has 32 heteroatoms. The summed E-state index contributed by atoms with van der Waals surface area (Å²) in [5.41, 5.74) is 0. The molecule has 0 spiro atoms. The van der Waals surface area contributed by atoms with Crippen LogP contribution in [-0.2, 0) is 0 Å². The second kappa shape index (κ2) is 63.2. The molecule has 0 rings (SSSR count). The van der Waals surface area contributed by atoms with Crippen molar-refractivity contribution in [1.29, 1.82) is 0 Å². The molecule has 31 nitrogen and oxygen atoms in total. The van der Waals surface area contributed by atoms with E-state index in [2.05, 4.69) is 0 Å². The fraction of sp³-hybridized carbons (Fsp3) is 0. The molecule has 0 saturated heterocycles. The van der Waals surface area contributed by atoms with Crippen molar-refractivity contribution in [3.05, 3.63) is 107 Å². The average molecular weight is 628 g/mol. The Kier molecular flexibility index (Phi) is 140. The van der Waals surface area contributed by atoms with Gasteiger partial charge in [-0.3, -0.25) is 0 Å². The monoisotopic (exact) mass is 628 g/mol. The Bertz CT molecular complexity index is 314. The van der Waals surface area contributed by atoms with Gasteiger partial charge in [0.25, 0.3) is 0 Å². The van der Waals surface area contributed by atoms with Gasteiger partial charge in [-0.2, -0.15) is 0 Å². The molecule has 0 unspecified atom stereocenters. The zero-order valence-electron chi connectivity index (χ0n) is 15.2. The van der Waals surface area contributed by atoms with Crippen LogP contribution >= 0.6 is 0 Å². The molecule has 0 aromatic heterocycles. The molecule has 0 aliphatic carbocycles. The van der Waals surface area contributed by atoms with Gasteiger partial charge in [0, 0.05) is 0 Å². The summed E-state index contributed by atoms with van der Waals surface area (Å²) in [5.74, 6) is 0. The maximum atomic E-state index is 8.25. The third-order valence-corrected chi connectivity index (χ3v) is 0. The molecule has 12 N–H and O–H groups in total. The Hall–Kier alpha value is -4.34. The molecule has 0 radical (unpaired) electrons. The van der Waals surface area contributed by atoms with E-state index < -0.39 is 35.6 Å². The van der Waals surface area contributed by atoms with Crippen LogP contribution in [0.4, 0.5) is 0 Å². The van der Waals surface area contributed by atoms with Gasteiger partial charge in [-0.15, -0.1) is 0 Å². The van der Waals surface area contributed by atoms with E-state index >= 15 is 0 Å². The molecule has 0 aliphatic rings. The van der Waals surface area contributed by atoms with Gasteiger partial charge in [0.2, 0.25) is 0 Å². The smallest absolute Gasteiger partial charge is 0.369 e. The maximum Gasteiger partial charge on any atom is 4.00 e. The molecular weight excluding hydrogens is 616 g/mol. The minimum Gasteiger partial charge on any atom is -0.369 e. The van der Waals surface area contributed by atoms with Gasteiger partial charge in [0.1, 0.15) is 0 Å². The normalized spacial score (nSPS) is 5.25.